The highest BCUT2D eigenvalue weighted by molar-refractivity contribution is 6.18. The van der Waals surface area contributed by atoms with E-state index in [9.17, 15) is 0 Å². The summed E-state index contributed by atoms with van der Waals surface area (Å²) in [5, 5.41) is 2.57. The van der Waals surface area contributed by atoms with Crippen LogP contribution < -0.4 is 4.90 Å². The second-order valence-electron chi connectivity index (χ2n) is 3.80. The van der Waals surface area contributed by atoms with Crippen LogP contribution in [0.25, 0.3) is 10.8 Å². The standard InChI is InChI=1S/C14H16ClN/c1-2-16(10-9-15)14-8-7-12-5-3-4-6-13(12)11-14/h3-8,11H,2,9-10H2,1H3. The first-order chi connectivity index (χ1) is 7.85. The van der Waals surface area contributed by atoms with E-state index in [0.29, 0.717) is 5.88 Å². The zero-order valence-corrected chi connectivity index (χ0v) is 10.2. The van der Waals surface area contributed by atoms with Crippen molar-refractivity contribution in [3.8, 4) is 0 Å². The van der Waals surface area contributed by atoms with Crippen molar-refractivity contribution in [2.24, 2.45) is 0 Å². The molecule has 0 fully saturated rings. The Hall–Kier alpha value is -1.21. The number of rotatable bonds is 4. The summed E-state index contributed by atoms with van der Waals surface area (Å²) in [6, 6.07) is 15.0. The molecular weight excluding hydrogens is 218 g/mol. The van der Waals surface area contributed by atoms with Crippen molar-refractivity contribution in [1.29, 1.82) is 0 Å². The highest BCUT2D eigenvalue weighted by atomic mass is 35.5. The molecule has 0 atom stereocenters. The Morgan fingerprint density at radius 1 is 1.06 bits per heavy atom. The minimum absolute atomic E-state index is 0.667. The molecule has 0 aromatic heterocycles. The van der Waals surface area contributed by atoms with Gasteiger partial charge in [0.25, 0.3) is 0 Å². The minimum Gasteiger partial charge on any atom is -0.371 e. The fourth-order valence-corrected chi connectivity index (χ4v) is 2.15. The maximum Gasteiger partial charge on any atom is 0.0399 e. The summed E-state index contributed by atoms with van der Waals surface area (Å²) >= 11 is 5.80. The van der Waals surface area contributed by atoms with Gasteiger partial charge in [0.1, 0.15) is 0 Å². The fraction of sp³-hybridized carbons (Fsp3) is 0.286. The molecule has 16 heavy (non-hydrogen) atoms. The second-order valence-corrected chi connectivity index (χ2v) is 4.18. The molecule has 0 N–H and O–H groups in total. The molecule has 0 aliphatic heterocycles. The van der Waals surface area contributed by atoms with E-state index >= 15 is 0 Å². The first-order valence-corrected chi connectivity index (χ1v) is 6.18. The lowest BCUT2D eigenvalue weighted by Crippen LogP contribution is -2.24. The third kappa shape index (κ3) is 2.30. The first-order valence-electron chi connectivity index (χ1n) is 5.65. The summed E-state index contributed by atoms with van der Waals surface area (Å²) < 4.78 is 0. The van der Waals surface area contributed by atoms with Crippen LogP contribution in [-0.2, 0) is 0 Å². The summed E-state index contributed by atoms with van der Waals surface area (Å²) in [6.45, 7) is 4.04. The van der Waals surface area contributed by atoms with E-state index in [1.165, 1.54) is 16.5 Å². The Bertz CT molecular complexity index is 467. The summed E-state index contributed by atoms with van der Waals surface area (Å²) in [7, 11) is 0. The second kappa shape index (κ2) is 5.22. The molecule has 2 rings (SSSR count). The van der Waals surface area contributed by atoms with Crippen LogP contribution in [-0.4, -0.2) is 19.0 Å². The predicted octanol–water partition coefficient (Wildman–Crippen LogP) is 3.90. The Balaban J connectivity index is 2.37. The average molecular weight is 234 g/mol. The normalized spacial score (nSPS) is 10.6. The maximum atomic E-state index is 5.80. The van der Waals surface area contributed by atoms with Gasteiger partial charge in [-0.2, -0.15) is 0 Å². The van der Waals surface area contributed by atoms with Crippen LogP contribution >= 0.6 is 11.6 Å². The number of nitrogens with zero attached hydrogens (tertiary/aromatic N) is 1. The van der Waals surface area contributed by atoms with E-state index in [1.54, 1.807) is 0 Å². The van der Waals surface area contributed by atoms with Gasteiger partial charge >= 0.3 is 0 Å². The van der Waals surface area contributed by atoms with Crippen molar-refractivity contribution in [1.82, 2.24) is 0 Å². The van der Waals surface area contributed by atoms with E-state index in [0.717, 1.165) is 13.1 Å². The van der Waals surface area contributed by atoms with Crippen LogP contribution in [0.5, 0.6) is 0 Å². The van der Waals surface area contributed by atoms with Crippen molar-refractivity contribution in [3.05, 3.63) is 42.5 Å². The Labute approximate surface area is 102 Å². The third-order valence-corrected chi connectivity index (χ3v) is 3.00. The molecule has 1 nitrogen and oxygen atoms in total. The zero-order chi connectivity index (χ0) is 11.4. The van der Waals surface area contributed by atoms with Gasteiger partial charge in [-0.15, -0.1) is 11.6 Å². The number of anilines is 1. The molecule has 2 aromatic rings. The molecule has 0 saturated carbocycles. The monoisotopic (exact) mass is 233 g/mol. The lowest BCUT2D eigenvalue weighted by atomic mass is 10.1. The van der Waals surface area contributed by atoms with E-state index < -0.39 is 0 Å². The fourth-order valence-electron chi connectivity index (χ4n) is 1.95. The molecule has 0 amide bonds. The van der Waals surface area contributed by atoms with Gasteiger partial charge in [-0.25, -0.2) is 0 Å². The summed E-state index contributed by atoms with van der Waals surface area (Å²) in [5.41, 5.74) is 1.25. The average Bonchev–Trinajstić information content (AvgIpc) is 2.35. The maximum absolute atomic E-state index is 5.80. The molecule has 0 spiro atoms. The Morgan fingerprint density at radius 2 is 1.81 bits per heavy atom. The Morgan fingerprint density at radius 3 is 2.50 bits per heavy atom. The van der Waals surface area contributed by atoms with E-state index in [4.69, 9.17) is 11.6 Å². The van der Waals surface area contributed by atoms with Crippen LogP contribution in [0.3, 0.4) is 0 Å². The van der Waals surface area contributed by atoms with Crippen molar-refractivity contribution in [3.63, 3.8) is 0 Å². The quantitative estimate of drug-likeness (QED) is 0.724. The zero-order valence-electron chi connectivity index (χ0n) is 9.49. The van der Waals surface area contributed by atoms with Gasteiger partial charge in [-0.1, -0.05) is 30.3 Å². The van der Waals surface area contributed by atoms with E-state index in [1.807, 2.05) is 0 Å². The molecule has 0 radical (unpaired) electrons. The van der Waals surface area contributed by atoms with Crippen LogP contribution in [0.1, 0.15) is 6.92 Å². The van der Waals surface area contributed by atoms with Gasteiger partial charge in [0.05, 0.1) is 0 Å². The van der Waals surface area contributed by atoms with Crippen LogP contribution in [0.2, 0.25) is 0 Å². The summed E-state index contributed by atoms with van der Waals surface area (Å²) in [4.78, 5) is 2.29. The number of benzene rings is 2. The van der Waals surface area contributed by atoms with Gasteiger partial charge < -0.3 is 4.90 Å². The molecule has 0 heterocycles. The molecule has 0 aliphatic carbocycles. The highest BCUT2D eigenvalue weighted by Crippen LogP contribution is 2.21. The smallest absolute Gasteiger partial charge is 0.0399 e. The number of hydrogen-bond donors (Lipinski definition) is 0. The molecule has 2 aromatic carbocycles. The van der Waals surface area contributed by atoms with E-state index in [2.05, 4.69) is 54.3 Å². The molecule has 0 aliphatic rings. The lowest BCUT2D eigenvalue weighted by molar-refractivity contribution is 0.871. The van der Waals surface area contributed by atoms with Crippen molar-refractivity contribution < 1.29 is 0 Å². The molecule has 84 valence electrons. The number of hydrogen-bond acceptors (Lipinski definition) is 1. The summed E-state index contributed by atoms with van der Waals surface area (Å²) in [5.74, 6) is 0.667. The lowest BCUT2D eigenvalue weighted by Gasteiger charge is -2.22. The number of alkyl halides is 1. The van der Waals surface area contributed by atoms with Gasteiger partial charge in [0.15, 0.2) is 0 Å². The number of fused-ring (bicyclic) bond motifs is 1. The first kappa shape index (κ1) is 11.3. The Kier molecular flexibility index (Phi) is 3.68. The predicted molar refractivity (Wildman–Crippen MR) is 72.6 cm³/mol. The van der Waals surface area contributed by atoms with Gasteiger partial charge in [-0.3, -0.25) is 0 Å². The van der Waals surface area contributed by atoms with Crippen molar-refractivity contribution >= 4 is 28.1 Å². The largest absolute Gasteiger partial charge is 0.371 e. The minimum atomic E-state index is 0.667. The summed E-state index contributed by atoms with van der Waals surface area (Å²) in [6.07, 6.45) is 0. The van der Waals surface area contributed by atoms with Crippen LogP contribution in [0.15, 0.2) is 42.5 Å². The van der Waals surface area contributed by atoms with Crippen LogP contribution in [0, 0.1) is 0 Å². The third-order valence-electron chi connectivity index (χ3n) is 2.83. The van der Waals surface area contributed by atoms with E-state index in [-0.39, 0.29) is 0 Å². The number of halogens is 1. The van der Waals surface area contributed by atoms with Gasteiger partial charge in [0, 0.05) is 24.7 Å². The molecule has 2 heteroatoms. The topological polar surface area (TPSA) is 3.24 Å². The molecule has 0 unspecified atom stereocenters. The highest BCUT2D eigenvalue weighted by Gasteiger charge is 2.03. The van der Waals surface area contributed by atoms with Gasteiger partial charge in [-0.05, 0) is 29.8 Å². The SMILES string of the molecule is CCN(CCCl)c1ccc2ccccc2c1. The van der Waals surface area contributed by atoms with Crippen molar-refractivity contribution in [2.45, 2.75) is 6.92 Å². The molecule has 0 saturated heterocycles. The van der Waals surface area contributed by atoms with Gasteiger partial charge in [0.2, 0.25) is 0 Å². The molecule has 0 bridgehead atoms. The molecular formula is C14H16ClN. The van der Waals surface area contributed by atoms with Crippen molar-refractivity contribution in [2.75, 3.05) is 23.9 Å². The van der Waals surface area contributed by atoms with Crippen LogP contribution in [0.4, 0.5) is 5.69 Å².